The Balaban J connectivity index is 1.97. The molecular weight excluding hydrogens is 266 g/mol. The second kappa shape index (κ2) is 5.72. The second-order valence-corrected chi connectivity index (χ2v) is 5.58. The maximum Gasteiger partial charge on any atom is 0.0480 e. The summed E-state index contributed by atoms with van der Waals surface area (Å²) in [7, 11) is 0. The number of benzene rings is 2. The third-order valence-corrected chi connectivity index (χ3v) is 3.95. The molecule has 1 nitrogen and oxygen atoms in total. The zero-order valence-electron chi connectivity index (χ0n) is 11.6. The molecule has 0 saturated carbocycles. The van der Waals surface area contributed by atoms with Crippen LogP contribution in [0.4, 0.5) is 0 Å². The monoisotopic (exact) mass is 283 g/mol. The van der Waals surface area contributed by atoms with E-state index in [1.807, 2.05) is 12.1 Å². The van der Waals surface area contributed by atoms with Crippen molar-refractivity contribution in [3.05, 3.63) is 59.8 Å². The van der Waals surface area contributed by atoms with Gasteiger partial charge in [0.25, 0.3) is 0 Å². The van der Waals surface area contributed by atoms with Gasteiger partial charge in [0.2, 0.25) is 0 Å². The summed E-state index contributed by atoms with van der Waals surface area (Å²) < 4.78 is 2.34. The van der Waals surface area contributed by atoms with Gasteiger partial charge in [0.05, 0.1) is 0 Å². The molecule has 0 N–H and O–H groups in total. The lowest BCUT2D eigenvalue weighted by atomic mass is 10.0. The largest absolute Gasteiger partial charge is 0.347 e. The predicted molar refractivity (Wildman–Crippen MR) is 87.3 cm³/mol. The lowest BCUT2D eigenvalue weighted by Crippen LogP contribution is -1.94. The number of aryl methyl sites for hydroxylation is 1. The Morgan fingerprint density at radius 1 is 0.950 bits per heavy atom. The van der Waals surface area contributed by atoms with Crippen LogP contribution >= 0.6 is 11.6 Å². The fraction of sp³-hybridized carbons (Fsp3) is 0.222. The fourth-order valence-corrected chi connectivity index (χ4v) is 2.67. The molecule has 20 heavy (non-hydrogen) atoms. The van der Waals surface area contributed by atoms with Gasteiger partial charge in [-0.2, -0.15) is 0 Å². The Bertz CT molecular complexity index is 710. The molecule has 0 aliphatic carbocycles. The SMILES string of the molecule is CCCCn1ccc2cc(-c3ccc(Cl)cc3)ccc21. The highest BCUT2D eigenvalue weighted by Crippen LogP contribution is 2.26. The number of aromatic nitrogens is 1. The van der Waals surface area contributed by atoms with Crippen molar-refractivity contribution in [2.24, 2.45) is 0 Å². The molecular formula is C18H18ClN. The van der Waals surface area contributed by atoms with Gasteiger partial charge in [-0.25, -0.2) is 0 Å². The Morgan fingerprint density at radius 3 is 2.45 bits per heavy atom. The zero-order valence-corrected chi connectivity index (χ0v) is 12.4. The molecule has 0 unspecified atom stereocenters. The van der Waals surface area contributed by atoms with Gasteiger partial charge in [-0.15, -0.1) is 0 Å². The van der Waals surface area contributed by atoms with Crippen LogP contribution in [0, 0.1) is 0 Å². The summed E-state index contributed by atoms with van der Waals surface area (Å²) in [4.78, 5) is 0. The molecule has 0 saturated heterocycles. The maximum absolute atomic E-state index is 5.94. The summed E-state index contributed by atoms with van der Waals surface area (Å²) in [5.74, 6) is 0. The molecule has 0 radical (unpaired) electrons. The Morgan fingerprint density at radius 2 is 1.70 bits per heavy atom. The molecule has 0 amide bonds. The summed E-state index contributed by atoms with van der Waals surface area (Å²) in [6.45, 7) is 3.32. The average molecular weight is 284 g/mol. The smallest absolute Gasteiger partial charge is 0.0480 e. The van der Waals surface area contributed by atoms with Gasteiger partial charge in [-0.1, -0.05) is 43.1 Å². The van der Waals surface area contributed by atoms with Gasteiger partial charge in [-0.05, 0) is 47.9 Å². The van der Waals surface area contributed by atoms with Crippen molar-refractivity contribution in [3.8, 4) is 11.1 Å². The van der Waals surface area contributed by atoms with Gasteiger partial charge < -0.3 is 4.57 Å². The molecule has 0 fully saturated rings. The Kier molecular flexibility index (Phi) is 3.79. The quantitative estimate of drug-likeness (QED) is 0.573. The van der Waals surface area contributed by atoms with Crippen molar-refractivity contribution in [1.82, 2.24) is 4.57 Å². The molecule has 0 aliphatic rings. The van der Waals surface area contributed by atoms with Crippen LogP contribution in [0.15, 0.2) is 54.7 Å². The molecule has 3 aromatic rings. The third kappa shape index (κ3) is 2.59. The fourth-order valence-electron chi connectivity index (χ4n) is 2.55. The number of halogens is 1. The molecule has 0 spiro atoms. The first kappa shape index (κ1) is 13.3. The van der Waals surface area contributed by atoms with Crippen molar-refractivity contribution in [3.63, 3.8) is 0 Å². The van der Waals surface area contributed by atoms with Crippen molar-refractivity contribution < 1.29 is 0 Å². The minimum atomic E-state index is 0.778. The summed E-state index contributed by atoms with van der Waals surface area (Å²) in [6.07, 6.45) is 4.64. The summed E-state index contributed by atoms with van der Waals surface area (Å²) >= 11 is 5.94. The minimum absolute atomic E-state index is 0.778. The average Bonchev–Trinajstić information content (AvgIpc) is 2.88. The van der Waals surface area contributed by atoms with E-state index in [1.54, 1.807) is 0 Å². The first-order valence-electron chi connectivity index (χ1n) is 7.13. The highest BCUT2D eigenvalue weighted by molar-refractivity contribution is 6.30. The van der Waals surface area contributed by atoms with E-state index < -0.39 is 0 Å². The molecule has 0 aliphatic heterocycles. The van der Waals surface area contributed by atoms with Crippen LogP contribution in [0.3, 0.4) is 0 Å². The van der Waals surface area contributed by atoms with Crippen molar-refractivity contribution in [1.29, 1.82) is 0 Å². The number of unbranched alkanes of at least 4 members (excludes halogenated alkanes) is 1. The molecule has 0 atom stereocenters. The predicted octanol–water partition coefficient (Wildman–Crippen LogP) is 5.76. The molecule has 102 valence electrons. The van der Waals surface area contributed by atoms with E-state index in [9.17, 15) is 0 Å². The second-order valence-electron chi connectivity index (χ2n) is 5.14. The zero-order chi connectivity index (χ0) is 13.9. The van der Waals surface area contributed by atoms with E-state index in [0.717, 1.165) is 11.6 Å². The van der Waals surface area contributed by atoms with Gasteiger partial charge in [0.1, 0.15) is 0 Å². The lowest BCUT2D eigenvalue weighted by Gasteiger charge is -2.06. The molecule has 2 aromatic carbocycles. The first-order chi connectivity index (χ1) is 9.78. The Labute approximate surface area is 124 Å². The van der Waals surface area contributed by atoms with Gasteiger partial charge >= 0.3 is 0 Å². The molecule has 0 bridgehead atoms. The number of hydrogen-bond donors (Lipinski definition) is 0. The van der Waals surface area contributed by atoms with Crippen LogP contribution in [0.5, 0.6) is 0 Å². The molecule has 3 rings (SSSR count). The van der Waals surface area contributed by atoms with E-state index in [-0.39, 0.29) is 0 Å². The van der Waals surface area contributed by atoms with Gasteiger partial charge in [0.15, 0.2) is 0 Å². The van der Waals surface area contributed by atoms with Gasteiger partial charge in [0, 0.05) is 28.7 Å². The van der Waals surface area contributed by atoms with Crippen LogP contribution in [0.1, 0.15) is 19.8 Å². The third-order valence-electron chi connectivity index (χ3n) is 3.70. The standard InChI is InChI=1S/C18H18ClN/c1-2-3-11-20-12-10-16-13-15(6-9-18(16)20)14-4-7-17(19)8-5-14/h4-10,12-13H,2-3,11H2,1H3. The first-order valence-corrected chi connectivity index (χ1v) is 7.50. The molecule has 1 aromatic heterocycles. The van der Waals surface area contributed by atoms with Crippen molar-refractivity contribution in [2.45, 2.75) is 26.3 Å². The van der Waals surface area contributed by atoms with E-state index in [1.165, 1.54) is 34.9 Å². The summed E-state index contributed by atoms with van der Waals surface area (Å²) in [6, 6.07) is 16.9. The molecule has 1 heterocycles. The summed E-state index contributed by atoms with van der Waals surface area (Å²) in [5, 5.41) is 2.08. The number of rotatable bonds is 4. The summed E-state index contributed by atoms with van der Waals surface area (Å²) in [5.41, 5.74) is 3.76. The van der Waals surface area contributed by atoms with Crippen molar-refractivity contribution >= 4 is 22.5 Å². The van der Waals surface area contributed by atoms with Crippen LogP contribution in [0.25, 0.3) is 22.0 Å². The highest BCUT2D eigenvalue weighted by atomic mass is 35.5. The van der Waals surface area contributed by atoms with E-state index >= 15 is 0 Å². The molecule has 2 heteroatoms. The van der Waals surface area contributed by atoms with E-state index in [4.69, 9.17) is 11.6 Å². The topological polar surface area (TPSA) is 4.93 Å². The number of nitrogens with zero attached hydrogens (tertiary/aromatic N) is 1. The van der Waals surface area contributed by atoms with Crippen LogP contribution in [0.2, 0.25) is 5.02 Å². The minimum Gasteiger partial charge on any atom is -0.347 e. The number of hydrogen-bond acceptors (Lipinski definition) is 0. The van der Waals surface area contributed by atoms with Crippen LogP contribution in [-0.2, 0) is 6.54 Å². The Hall–Kier alpha value is -1.73. The highest BCUT2D eigenvalue weighted by Gasteiger charge is 2.03. The van der Waals surface area contributed by atoms with Gasteiger partial charge in [-0.3, -0.25) is 0 Å². The lowest BCUT2D eigenvalue weighted by molar-refractivity contribution is 0.650. The van der Waals surface area contributed by atoms with Crippen LogP contribution in [-0.4, -0.2) is 4.57 Å². The van der Waals surface area contributed by atoms with E-state index in [0.29, 0.717) is 0 Å². The maximum atomic E-state index is 5.94. The van der Waals surface area contributed by atoms with Crippen LogP contribution < -0.4 is 0 Å². The normalized spacial score (nSPS) is 11.1. The van der Waals surface area contributed by atoms with Crippen molar-refractivity contribution in [2.75, 3.05) is 0 Å². The van der Waals surface area contributed by atoms with E-state index in [2.05, 4.69) is 54.1 Å². The number of fused-ring (bicyclic) bond motifs is 1.